The summed E-state index contributed by atoms with van der Waals surface area (Å²) < 4.78 is 0. The third-order valence-electron chi connectivity index (χ3n) is 3.50. The Bertz CT molecular complexity index is 277. The van der Waals surface area contributed by atoms with Gasteiger partial charge < -0.3 is 10.0 Å². The molecule has 2 rings (SSSR count). The van der Waals surface area contributed by atoms with Gasteiger partial charge in [0.15, 0.2) is 0 Å². The number of piperidine rings is 1. The molecule has 4 heteroatoms. The van der Waals surface area contributed by atoms with Crippen molar-refractivity contribution < 1.29 is 14.7 Å². The molecule has 0 radical (unpaired) electrons. The maximum Gasteiger partial charge on any atom is 0.308 e. The lowest BCUT2D eigenvalue weighted by Crippen LogP contribution is -2.49. The molecule has 0 aromatic heterocycles. The van der Waals surface area contributed by atoms with E-state index in [0.717, 1.165) is 25.7 Å². The van der Waals surface area contributed by atoms with Gasteiger partial charge in [-0.05, 0) is 25.7 Å². The third kappa shape index (κ3) is 1.29. The van der Waals surface area contributed by atoms with Crippen LogP contribution < -0.4 is 0 Å². The van der Waals surface area contributed by atoms with Gasteiger partial charge in [0.2, 0.25) is 5.91 Å². The summed E-state index contributed by atoms with van der Waals surface area (Å²) >= 11 is 0. The zero-order valence-corrected chi connectivity index (χ0v) is 8.27. The van der Waals surface area contributed by atoms with E-state index in [1.807, 2.05) is 0 Å². The van der Waals surface area contributed by atoms with Crippen LogP contribution in [0.3, 0.4) is 0 Å². The van der Waals surface area contributed by atoms with E-state index in [1.54, 1.807) is 4.90 Å². The molecule has 0 aromatic carbocycles. The predicted octanol–water partition coefficient (Wildman–Crippen LogP) is 0.861. The molecule has 1 amide bonds. The first-order valence-corrected chi connectivity index (χ1v) is 5.13. The van der Waals surface area contributed by atoms with E-state index < -0.39 is 5.97 Å². The molecule has 3 atom stereocenters. The van der Waals surface area contributed by atoms with Crippen LogP contribution in [0.1, 0.15) is 32.6 Å². The molecule has 0 spiro atoms. The van der Waals surface area contributed by atoms with Gasteiger partial charge in [0, 0.05) is 19.0 Å². The monoisotopic (exact) mass is 197 g/mol. The summed E-state index contributed by atoms with van der Waals surface area (Å²) in [5, 5.41) is 9.02. The highest BCUT2D eigenvalue weighted by atomic mass is 16.4. The fourth-order valence-corrected chi connectivity index (χ4v) is 2.93. The summed E-state index contributed by atoms with van der Waals surface area (Å²) in [4.78, 5) is 24.1. The fraction of sp³-hybridized carbons (Fsp3) is 0.800. The first-order valence-electron chi connectivity index (χ1n) is 5.13. The molecule has 2 bridgehead atoms. The quantitative estimate of drug-likeness (QED) is 0.678. The number of fused-ring (bicyclic) bond motifs is 2. The van der Waals surface area contributed by atoms with Gasteiger partial charge >= 0.3 is 5.97 Å². The number of carbonyl (C=O) groups is 2. The second kappa shape index (κ2) is 3.26. The maximum absolute atomic E-state index is 11.4. The van der Waals surface area contributed by atoms with Crippen molar-refractivity contribution in [3.63, 3.8) is 0 Å². The van der Waals surface area contributed by atoms with Crippen LogP contribution in [-0.2, 0) is 9.59 Å². The Balaban J connectivity index is 2.21. The van der Waals surface area contributed by atoms with Crippen molar-refractivity contribution in [1.29, 1.82) is 0 Å². The van der Waals surface area contributed by atoms with E-state index in [1.165, 1.54) is 6.92 Å². The first kappa shape index (κ1) is 9.49. The molecular formula is C10H15NO3. The van der Waals surface area contributed by atoms with Crippen LogP contribution in [0.25, 0.3) is 0 Å². The Morgan fingerprint density at radius 2 is 1.86 bits per heavy atom. The van der Waals surface area contributed by atoms with Crippen molar-refractivity contribution in [2.24, 2.45) is 5.92 Å². The summed E-state index contributed by atoms with van der Waals surface area (Å²) in [6.07, 6.45) is 3.43. The van der Waals surface area contributed by atoms with Crippen LogP contribution in [0.15, 0.2) is 0 Å². The lowest BCUT2D eigenvalue weighted by molar-refractivity contribution is -0.148. The summed E-state index contributed by atoms with van der Waals surface area (Å²) in [6, 6.07) is 0.275. The van der Waals surface area contributed by atoms with Crippen LogP contribution in [0.2, 0.25) is 0 Å². The fourth-order valence-electron chi connectivity index (χ4n) is 2.93. The molecule has 2 aliphatic rings. The van der Waals surface area contributed by atoms with Crippen molar-refractivity contribution in [1.82, 2.24) is 4.90 Å². The molecule has 2 fully saturated rings. The number of nitrogens with zero attached hydrogens (tertiary/aromatic N) is 1. The Morgan fingerprint density at radius 3 is 2.43 bits per heavy atom. The Morgan fingerprint density at radius 1 is 1.21 bits per heavy atom. The zero-order valence-electron chi connectivity index (χ0n) is 8.27. The van der Waals surface area contributed by atoms with Crippen molar-refractivity contribution >= 4 is 11.9 Å². The molecule has 0 saturated carbocycles. The lowest BCUT2D eigenvalue weighted by atomic mass is 9.90. The van der Waals surface area contributed by atoms with E-state index in [2.05, 4.69) is 0 Å². The van der Waals surface area contributed by atoms with Gasteiger partial charge in [-0.2, -0.15) is 0 Å². The topological polar surface area (TPSA) is 57.6 Å². The highest BCUT2D eigenvalue weighted by Crippen LogP contribution is 2.39. The minimum atomic E-state index is -0.749. The number of hydrogen-bond donors (Lipinski definition) is 1. The molecule has 0 aromatic rings. The van der Waals surface area contributed by atoms with E-state index in [0.29, 0.717) is 6.04 Å². The summed E-state index contributed by atoms with van der Waals surface area (Å²) in [6.45, 7) is 1.54. The van der Waals surface area contributed by atoms with Gasteiger partial charge in [0.1, 0.15) is 0 Å². The number of aliphatic carboxylic acids is 1. The summed E-state index contributed by atoms with van der Waals surface area (Å²) in [7, 11) is 0. The Labute approximate surface area is 82.9 Å². The number of carbonyl (C=O) groups excluding carboxylic acids is 1. The summed E-state index contributed by atoms with van der Waals surface area (Å²) in [5.41, 5.74) is 0. The third-order valence-corrected chi connectivity index (χ3v) is 3.50. The van der Waals surface area contributed by atoms with Crippen molar-refractivity contribution in [3.8, 4) is 0 Å². The SMILES string of the molecule is CC(=O)N1C2CCC(C(=O)O)C1CC2. The molecule has 4 nitrogen and oxygen atoms in total. The number of amides is 1. The molecule has 3 unspecified atom stereocenters. The van der Waals surface area contributed by atoms with Gasteiger partial charge in [0.05, 0.1) is 5.92 Å². The zero-order chi connectivity index (χ0) is 10.3. The number of carboxylic acids is 1. The number of rotatable bonds is 1. The van der Waals surface area contributed by atoms with Crippen LogP contribution >= 0.6 is 0 Å². The average Bonchev–Trinajstić information content (AvgIpc) is 2.40. The van der Waals surface area contributed by atoms with E-state index in [-0.39, 0.29) is 17.9 Å². The maximum atomic E-state index is 11.4. The van der Waals surface area contributed by atoms with Gasteiger partial charge in [-0.3, -0.25) is 9.59 Å². The van der Waals surface area contributed by atoms with E-state index in [4.69, 9.17) is 5.11 Å². The van der Waals surface area contributed by atoms with Crippen LogP contribution in [-0.4, -0.2) is 34.0 Å². The van der Waals surface area contributed by atoms with Crippen LogP contribution in [0, 0.1) is 5.92 Å². The molecule has 2 saturated heterocycles. The lowest BCUT2D eigenvalue weighted by Gasteiger charge is -2.37. The number of carboxylic acid groups (broad SMARTS) is 1. The number of hydrogen-bond acceptors (Lipinski definition) is 2. The highest BCUT2D eigenvalue weighted by molar-refractivity contribution is 5.77. The first-order chi connectivity index (χ1) is 6.61. The predicted molar refractivity (Wildman–Crippen MR) is 49.7 cm³/mol. The minimum Gasteiger partial charge on any atom is -0.481 e. The largest absolute Gasteiger partial charge is 0.481 e. The van der Waals surface area contributed by atoms with Gasteiger partial charge in [-0.25, -0.2) is 0 Å². The average molecular weight is 197 g/mol. The van der Waals surface area contributed by atoms with Crippen LogP contribution in [0.4, 0.5) is 0 Å². The second-order valence-electron chi connectivity index (χ2n) is 4.25. The van der Waals surface area contributed by atoms with Gasteiger partial charge in [-0.15, -0.1) is 0 Å². The molecule has 0 aliphatic carbocycles. The normalized spacial score (nSPS) is 35.8. The molecule has 2 heterocycles. The molecule has 14 heavy (non-hydrogen) atoms. The van der Waals surface area contributed by atoms with Gasteiger partial charge in [0.25, 0.3) is 0 Å². The Hall–Kier alpha value is -1.06. The van der Waals surface area contributed by atoms with Crippen molar-refractivity contribution in [3.05, 3.63) is 0 Å². The Kier molecular flexibility index (Phi) is 2.21. The highest BCUT2D eigenvalue weighted by Gasteiger charge is 2.46. The minimum absolute atomic E-state index is 0.0310. The van der Waals surface area contributed by atoms with Crippen molar-refractivity contribution in [2.75, 3.05) is 0 Å². The standard InChI is InChI=1S/C10H15NO3/c1-6(12)11-7-2-4-8(10(13)14)9(11)5-3-7/h7-9H,2-5H2,1H3,(H,13,14). The van der Waals surface area contributed by atoms with Crippen molar-refractivity contribution in [2.45, 2.75) is 44.7 Å². The smallest absolute Gasteiger partial charge is 0.308 e. The van der Waals surface area contributed by atoms with Gasteiger partial charge in [-0.1, -0.05) is 0 Å². The second-order valence-corrected chi connectivity index (χ2v) is 4.25. The van der Waals surface area contributed by atoms with Crippen LogP contribution in [0.5, 0.6) is 0 Å². The molecule has 78 valence electrons. The van der Waals surface area contributed by atoms with E-state index in [9.17, 15) is 9.59 Å². The molecular weight excluding hydrogens is 182 g/mol. The van der Waals surface area contributed by atoms with E-state index >= 15 is 0 Å². The summed E-state index contributed by atoms with van der Waals surface area (Å²) in [5.74, 6) is -1.05. The molecule has 1 N–H and O–H groups in total. The molecule has 2 aliphatic heterocycles.